The number of carbonyl (C=O) groups excluding carboxylic acids is 2. The minimum absolute atomic E-state index is 0.0149. The van der Waals surface area contributed by atoms with Gasteiger partial charge in [0.2, 0.25) is 0 Å². The lowest BCUT2D eigenvalue weighted by Crippen LogP contribution is -2.60. The molecule has 0 amide bonds. The largest absolute Gasteiger partial charge is 0.463 e. The number of hydrogen-bond donors (Lipinski definition) is 0. The summed E-state index contributed by atoms with van der Waals surface area (Å²) >= 11 is 0. The fourth-order valence-corrected chi connectivity index (χ4v) is 8.63. The van der Waals surface area contributed by atoms with Gasteiger partial charge in [-0.2, -0.15) is 0 Å². The Kier molecular flexibility index (Phi) is 6.73. The minimum atomic E-state index is -0.242. The molecule has 9 atom stereocenters. The van der Waals surface area contributed by atoms with Crippen LogP contribution >= 0.6 is 0 Å². The first-order chi connectivity index (χ1) is 15.1. The molecule has 0 N–H and O–H groups in total. The Labute approximate surface area is 195 Å². The van der Waals surface area contributed by atoms with E-state index < -0.39 is 0 Å². The first-order valence-corrected chi connectivity index (χ1v) is 13.4. The van der Waals surface area contributed by atoms with Crippen LogP contribution in [0.2, 0.25) is 0 Å². The van der Waals surface area contributed by atoms with Crippen molar-refractivity contribution < 1.29 is 19.1 Å². The van der Waals surface area contributed by atoms with Gasteiger partial charge in [-0.15, -0.1) is 0 Å². The van der Waals surface area contributed by atoms with Crippen molar-refractivity contribution in [1.82, 2.24) is 0 Å². The fraction of sp³-hybridized carbons (Fsp3) is 0.929. The van der Waals surface area contributed by atoms with Crippen LogP contribution in [0.15, 0.2) is 0 Å². The van der Waals surface area contributed by atoms with Crippen LogP contribution < -0.4 is 0 Å². The van der Waals surface area contributed by atoms with Crippen LogP contribution in [0.5, 0.6) is 0 Å². The van der Waals surface area contributed by atoms with E-state index in [0.717, 1.165) is 30.6 Å². The number of rotatable bonds is 6. The molecule has 3 saturated carbocycles. The highest BCUT2D eigenvalue weighted by Crippen LogP contribution is 2.65. The minimum Gasteiger partial charge on any atom is -0.463 e. The molecule has 0 bridgehead atoms. The molecule has 4 rings (SSSR count). The second kappa shape index (κ2) is 8.95. The molecule has 1 saturated heterocycles. The average molecular weight is 447 g/mol. The first-order valence-electron chi connectivity index (χ1n) is 13.4. The van der Waals surface area contributed by atoms with Gasteiger partial charge in [0.25, 0.3) is 0 Å². The third-order valence-electron chi connectivity index (χ3n) is 10.4. The van der Waals surface area contributed by atoms with E-state index in [9.17, 15) is 9.59 Å². The van der Waals surface area contributed by atoms with E-state index >= 15 is 0 Å². The van der Waals surface area contributed by atoms with Gasteiger partial charge in [-0.1, -0.05) is 53.9 Å². The molecule has 4 fully saturated rings. The Morgan fingerprint density at radius 3 is 2.41 bits per heavy atom. The number of ether oxygens (including phenoxy) is 2. The SMILES string of the molecule is CC(=O)OC1CCC2(C)C(C1)C(=O)OC1C2CCC2(C)C(C(C)CCCC(C)C)CCC12. The van der Waals surface area contributed by atoms with Gasteiger partial charge in [-0.3, -0.25) is 9.59 Å². The Bertz CT molecular complexity index is 716. The van der Waals surface area contributed by atoms with Gasteiger partial charge in [-0.05, 0) is 73.5 Å². The molecule has 4 nitrogen and oxygen atoms in total. The number of fused-ring (bicyclic) bond motifs is 5. The number of hydrogen-bond acceptors (Lipinski definition) is 4. The van der Waals surface area contributed by atoms with E-state index in [0.29, 0.717) is 23.7 Å². The lowest BCUT2D eigenvalue weighted by Gasteiger charge is -2.59. The van der Waals surface area contributed by atoms with Crippen molar-refractivity contribution in [1.29, 1.82) is 0 Å². The molecule has 0 aromatic heterocycles. The Balaban J connectivity index is 1.48. The van der Waals surface area contributed by atoms with Gasteiger partial charge in [0.15, 0.2) is 0 Å². The van der Waals surface area contributed by atoms with Crippen LogP contribution in [0.25, 0.3) is 0 Å². The number of esters is 2. The van der Waals surface area contributed by atoms with Crippen LogP contribution in [0.1, 0.15) is 106 Å². The molecule has 0 aromatic carbocycles. The van der Waals surface area contributed by atoms with Crippen LogP contribution in [0.3, 0.4) is 0 Å². The van der Waals surface area contributed by atoms with E-state index in [2.05, 4.69) is 34.6 Å². The Morgan fingerprint density at radius 2 is 1.72 bits per heavy atom. The molecule has 1 heterocycles. The summed E-state index contributed by atoms with van der Waals surface area (Å²) < 4.78 is 11.8. The summed E-state index contributed by atoms with van der Waals surface area (Å²) in [6.45, 7) is 13.4. The molecular weight excluding hydrogens is 400 g/mol. The Morgan fingerprint density at radius 1 is 1.03 bits per heavy atom. The van der Waals surface area contributed by atoms with Gasteiger partial charge in [0, 0.05) is 18.8 Å². The van der Waals surface area contributed by atoms with Crippen LogP contribution in [-0.4, -0.2) is 24.1 Å². The van der Waals surface area contributed by atoms with Crippen molar-refractivity contribution in [3.05, 3.63) is 0 Å². The van der Waals surface area contributed by atoms with Gasteiger partial charge in [-0.25, -0.2) is 0 Å². The molecule has 0 spiro atoms. The zero-order valence-electron chi connectivity index (χ0n) is 21.3. The maximum atomic E-state index is 13.3. The molecule has 9 unspecified atom stereocenters. The molecular formula is C28H46O4. The van der Waals surface area contributed by atoms with Crippen molar-refractivity contribution in [2.75, 3.05) is 0 Å². The zero-order chi connectivity index (χ0) is 23.3. The summed E-state index contributed by atoms with van der Waals surface area (Å²) in [7, 11) is 0. The van der Waals surface area contributed by atoms with Crippen molar-refractivity contribution in [3.8, 4) is 0 Å². The molecule has 1 aliphatic heterocycles. The first kappa shape index (κ1) is 24.1. The third kappa shape index (κ3) is 4.13. The molecule has 0 aromatic rings. The van der Waals surface area contributed by atoms with Gasteiger partial charge < -0.3 is 9.47 Å². The lowest BCUT2D eigenvalue weighted by atomic mass is 9.49. The molecule has 4 aliphatic rings. The average Bonchev–Trinajstić information content (AvgIpc) is 3.06. The smallest absolute Gasteiger partial charge is 0.309 e. The molecule has 4 heteroatoms. The van der Waals surface area contributed by atoms with E-state index in [1.807, 2.05) is 0 Å². The van der Waals surface area contributed by atoms with Crippen LogP contribution in [0.4, 0.5) is 0 Å². The quantitative estimate of drug-likeness (QED) is 0.434. The normalized spacial score (nSPS) is 44.3. The highest BCUT2D eigenvalue weighted by molar-refractivity contribution is 5.75. The topological polar surface area (TPSA) is 52.6 Å². The standard InChI is InChI=1S/C28H46O4/c1-17(2)8-7-9-18(3)21-10-11-22-25-23(13-15-27(21,22)5)28(6)14-12-20(31-19(4)29)16-24(28)26(30)32-25/h17-18,20-25H,7-16H2,1-6H3. The van der Waals surface area contributed by atoms with E-state index in [-0.39, 0.29) is 35.5 Å². The maximum absolute atomic E-state index is 13.3. The highest BCUT2D eigenvalue weighted by Gasteiger charge is 2.64. The van der Waals surface area contributed by atoms with Crippen LogP contribution in [-0.2, 0) is 19.1 Å². The number of carbonyl (C=O) groups is 2. The second-order valence-electron chi connectivity index (χ2n) is 12.7. The van der Waals surface area contributed by atoms with Crippen molar-refractivity contribution in [2.45, 2.75) is 118 Å². The van der Waals surface area contributed by atoms with Gasteiger partial charge in [0.05, 0.1) is 5.92 Å². The van der Waals surface area contributed by atoms with Crippen molar-refractivity contribution >= 4 is 11.9 Å². The van der Waals surface area contributed by atoms with Gasteiger partial charge >= 0.3 is 11.9 Å². The summed E-state index contributed by atoms with van der Waals surface area (Å²) in [5.41, 5.74) is 0.287. The van der Waals surface area contributed by atoms with E-state index in [4.69, 9.17) is 9.47 Å². The monoisotopic (exact) mass is 446 g/mol. The predicted octanol–water partition coefficient (Wildman–Crippen LogP) is 6.55. The molecule has 182 valence electrons. The zero-order valence-corrected chi connectivity index (χ0v) is 21.3. The van der Waals surface area contributed by atoms with E-state index in [1.165, 1.54) is 51.9 Å². The Hall–Kier alpha value is -1.06. The third-order valence-corrected chi connectivity index (χ3v) is 10.4. The van der Waals surface area contributed by atoms with Crippen LogP contribution in [0, 0.1) is 46.3 Å². The van der Waals surface area contributed by atoms with Crippen molar-refractivity contribution in [2.24, 2.45) is 46.3 Å². The molecule has 3 aliphatic carbocycles. The lowest BCUT2D eigenvalue weighted by molar-refractivity contribution is -0.218. The molecule has 0 radical (unpaired) electrons. The van der Waals surface area contributed by atoms with Crippen molar-refractivity contribution in [3.63, 3.8) is 0 Å². The summed E-state index contributed by atoms with van der Waals surface area (Å²) in [6, 6.07) is 0. The fourth-order valence-electron chi connectivity index (χ4n) is 8.63. The summed E-state index contributed by atoms with van der Waals surface area (Å²) in [4.78, 5) is 24.7. The second-order valence-corrected chi connectivity index (χ2v) is 12.7. The maximum Gasteiger partial charge on any atom is 0.309 e. The summed E-state index contributed by atoms with van der Waals surface area (Å²) in [6.07, 6.45) is 11.4. The predicted molar refractivity (Wildman–Crippen MR) is 126 cm³/mol. The summed E-state index contributed by atoms with van der Waals surface area (Å²) in [5.74, 6) is 2.86. The summed E-state index contributed by atoms with van der Waals surface area (Å²) in [5, 5.41) is 0. The highest BCUT2D eigenvalue weighted by atomic mass is 16.6. The van der Waals surface area contributed by atoms with Gasteiger partial charge in [0.1, 0.15) is 12.2 Å². The molecule has 32 heavy (non-hydrogen) atoms. The van der Waals surface area contributed by atoms with E-state index in [1.54, 1.807) is 0 Å².